The summed E-state index contributed by atoms with van der Waals surface area (Å²) < 4.78 is 10.8. The van der Waals surface area contributed by atoms with Crippen LogP contribution in [0.2, 0.25) is 0 Å². The lowest BCUT2D eigenvalue weighted by Crippen LogP contribution is -2.10. The average molecular weight is 687 g/mol. The lowest BCUT2D eigenvalue weighted by atomic mass is 9.89. The second kappa shape index (κ2) is 14.9. The van der Waals surface area contributed by atoms with Gasteiger partial charge in [0.15, 0.2) is 11.6 Å². The summed E-state index contributed by atoms with van der Waals surface area (Å²) in [5.74, 6) is 0.933. The van der Waals surface area contributed by atoms with E-state index in [1.807, 2.05) is 88.4 Å². The molecule has 0 atom stereocenters. The Hall–Kier alpha value is -6.28. The van der Waals surface area contributed by atoms with Crippen molar-refractivity contribution in [1.29, 1.82) is 0 Å². The van der Waals surface area contributed by atoms with Crippen LogP contribution in [0.3, 0.4) is 0 Å². The quantitative estimate of drug-likeness (QED) is 0.103. The van der Waals surface area contributed by atoms with Gasteiger partial charge in [-0.15, -0.1) is 0 Å². The second-order valence-corrected chi connectivity index (χ2v) is 13.5. The number of fused-ring (bicyclic) bond motifs is 2. The van der Waals surface area contributed by atoms with Crippen molar-refractivity contribution < 1.29 is 19.1 Å². The third-order valence-electron chi connectivity index (χ3n) is 8.61. The van der Waals surface area contributed by atoms with Crippen LogP contribution in [0.25, 0.3) is 66.8 Å². The topological polar surface area (TPSA) is 104 Å². The molecule has 7 aromatic rings. The van der Waals surface area contributed by atoms with E-state index in [9.17, 15) is 9.59 Å². The van der Waals surface area contributed by atoms with Gasteiger partial charge >= 0.3 is 11.9 Å². The van der Waals surface area contributed by atoms with Crippen molar-refractivity contribution in [1.82, 2.24) is 19.9 Å². The van der Waals surface area contributed by atoms with Crippen LogP contribution < -0.4 is 0 Å². The normalized spacial score (nSPS) is 11.3. The van der Waals surface area contributed by atoms with Gasteiger partial charge in [-0.2, -0.15) is 0 Å². The minimum atomic E-state index is -0.347. The fourth-order valence-corrected chi connectivity index (χ4v) is 6.12. The van der Waals surface area contributed by atoms with Gasteiger partial charge in [0.05, 0.1) is 35.7 Å². The minimum absolute atomic E-state index is 0.261. The number of carbonyl (C=O) groups is 2. The van der Waals surface area contributed by atoms with Crippen LogP contribution >= 0.6 is 0 Å². The molecule has 5 aromatic carbocycles. The summed E-state index contributed by atoms with van der Waals surface area (Å²) in [4.78, 5) is 44.3. The van der Waals surface area contributed by atoms with Crippen molar-refractivity contribution in [3.8, 4) is 45.3 Å². The van der Waals surface area contributed by atoms with Crippen molar-refractivity contribution in [2.24, 2.45) is 11.8 Å². The van der Waals surface area contributed by atoms with Gasteiger partial charge in [0.25, 0.3) is 0 Å². The van der Waals surface area contributed by atoms with E-state index >= 15 is 0 Å². The summed E-state index contributed by atoms with van der Waals surface area (Å²) in [6.45, 7) is 8.76. The molecule has 0 spiro atoms. The van der Waals surface area contributed by atoms with Gasteiger partial charge in [0.2, 0.25) is 0 Å². The van der Waals surface area contributed by atoms with Gasteiger partial charge in [0, 0.05) is 34.6 Å². The molecule has 0 saturated heterocycles. The van der Waals surface area contributed by atoms with Gasteiger partial charge < -0.3 is 9.47 Å². The first-order valence-electron chi connectivity index (χ1n) is 17.4. The van der Waals surface area contributed by atoms with Crippen LogP contribution in [0, 0.1) is 11.8 Å². The highest BCUT2D eigenvalue weighted by Crippen LogP contribution is 2.43. The second-order valence-electron chi connectivity index (χ2n) is 13.5. The van der Waals surface area contributed by atoms with Crippen LogP contribution in [-0.2, 0) is 9.47 Å². The molecule has 2 aromatic heterocycles. The Labute approximate surface area is 302 Å². The van der Waals surface area contributed by atoms with E-state index in [1.54, 1.807) is 36.7 Å². The number of aromatic nitrogens is 4. The molecular weight excluding hydrogens is 649 g/mol. The number of esters is 2. The zero-order valence-corrected chi connectivity index (χ0v) is 29.5. The lowest BCUT2D eigenvalue weighted by molar-refractivity contribution is 0.0450. The number of benzene rings is 5. The molecule has 0 aliphatic carbocycles. The van der Waals surface area contributed by atoms with Gasteiger partial charge in [-0.05, 0) is 69.8 Å². The molecule has 0 aliphatic heterocycles. The molecule has 0 fully saturated rings. The summed E-state index contributed by atoms with van der Waals surface area (Å²) in [7, 11) is 0. The highest BCUT2D eigenvalue weighted by atomic mass is 16.5. The number of nitrogens with zero attached hydrogens (tertiary/aromatic N) is 4. The maximum atomic E-state index is 12.5. The molecule has 0 saturated carbocycles. The monoisotopic (exact) mass is 686 g/mol. The van der Waals surface area contributed by atoms with Crippen LogP contribution in [0.4, 0.5) is 0 Å². The Morgan fingerprint density at radius 2 is 0.846 bits per heavy atom. The first-order valence-corrected chi connectivity index (χ1v) is 17.4. The number of rotatable bonds is 10. The predicted molar refractivity (Wildman–Crippen MR) is 205 cm³/mol. The molecule has 52 heavy (non-hydrogen) atoms. The zero-order valence-electron chi connectivity index (χ0n) is 29.5. The van der Waals surface area contributed by atoms with E-state index in [-0.39, 0.29) is 23.8 Å². The third-order valence-corrected chi connectivity index (χ3v) is 8.61. The van der Waals surface area contributed by atoms with Crippen molar-refractivity contribution in [3.05, 3.63) is 133 Å². The smallest absolute Gasteiger partial charge is 0.338 e. The summed E-state index contributed by atoms with van der Waals surface area (Å²) in [6.07, 6.45) is 3.54. The van der Waals surface area contributed by atoms with E-state index in [0.29, 0.717) is 36.0 Å². The Morgan fingerprint density at radius 1 is 0.500 bits per heavy atom. The minimum Gasteiger partial charge on any atom is -0.462 e. The number of carbonyl (C=O) groups excluding carboxylic acids is 2. The van der Waals surface area contributed by atoms with Crippen LogP contribution in [0.1, 0.15) is 48.4 Å². The predicted octanol–water partition coefficient (Wildman–Crippen LogP) is 9.87. The molecule has 258 valence electrons. The molecule has 0 amide bonds. The molecule has 7 rings (SSSR count). The van der Waals surface area contributed by atoms with Gasteiger partial charge in [-0.3, -0.25) is 0 Å². The Kier molecular flexibility index (Phi) is 9.80. The standard InChI is InChI=1S/C44H38N4O4/c1-27(2)25-51-43(49)31-17-13-29(14-18-31)41-45-23-21-37(47-41)39-33-9-5-7-11-35(33)40(36-12-8-6-10-34(36)39)38-22-24-46-42(48-38)30-15-19-32(20-16-30)44(50)52-26-28(3)4/h5-24,27-28H,25-26H2,1-4H3. The van der Waals surface area contributed by atoms with E-state index in [1.165, 1.54) is 0 Å². The largest absolute Gasteiger partial charge is 0.462 e. The molecule has 2 heterocycles. The highest BCUT2D eigenvalue weighted by Gasteiger charge is 2.20. The SMILES string of the molecule is CC(C)COC(=O)c1ccc(-c2nccc(-c3c4ccccc4c(-c4ccnc(-c5ccc(C(=O)OCC(C)C)cc5)n4)c4ccccc34)n2)cc1. The molecule has 0 N–H and O–H groups in total. The van der Waals surface area contributed by atoms with Gasteiger partial charge in [0.1, 0.15) is 0 Å². The number of hydrogen-bond donors (Lipinski definition) is 0. The van der Waals surface area contributed by atoms with E-state index in [0.717, 1.165) is 55.2 Å². The molecule has 0 bridgehead atoms. The van der Waals surface area contributed by atoms with E-state index in [4.69, 9.17) is 19.4 Å². The van der Waals surface area contributed by atoms with Crippen molar-refractivity contribution in [2.75, 3.05) is 13.2 Å². The fourth-order valence-electron chi connectivity index (χ4n) is 6.12. The molecule has 8 heteroatoms. The van der Waals surface area contributed by atoms with Crippen LogP contribution in [0.15, 0.2) is 122 Å². The average Bonchev–Trinajstić information content (AvgIpc) is 3.18. The maximum absolute atomic E-state index is 12.5. The third kappa shape index (κ3) is 7.14. The van der Waals surface area contributed by atoms with E-state index < -0.39 is 0 Å². The molecule has 8 nitrogen and oxygen atoms in total. The van der Waals surface area contributed by atoms with Crippen LogP contribution in [-0.4, -0.2) is 45.1 Å². The summed E-state index contributed by atoms with van der Waals surface area (Å²) >= 11 is 0. The van der Waals surface area contributed by atoms with Crippen molar-refractivity contribution >= 4 is 33.5 Å². The fraction of sp³-hybridized carbons (Fsp3) is 0.182. The summed E-state index contributed by atoms with van der Waals surface area (Å²) in [5.41, 5.74) is 6.09. The Balaban J connectivity index is 1.28. The van der Waals surface area contributed by atoms with Gasteiger partial charge in [-0.1, -0.05) is 100 Å². The number of ether oxygens (including phenoxy) is 2. The Morgan fingerprint density at radius 3 is 1.17 bits per heavy atom. The van der Waals surface area contributed by atoms with Gasteiger partial charge in [-0.25, -0.2) is 29.5 Å². The molecule has 0 unspecified atom stereocenters. The first kappa shape index (κ1) is 34.2. The number of hydrogen-bond acceptors (Lipinski definition) is 8. The van der Waals surface area contributed by atoms with Crippen LogP contribution in [0.5, 0.6) is 0 Å². The zero-order chi connectivity index (χ0) is 36.2. The summed E-state index contributed by atoms with van der Waals surface area (Å²) in [6, 6.07) is 34.8. The Bertz CT molecular complexity index is 2180. The van der Waals surface area contributed by atoms with E-state index in [2.05, 4.69) is 34.2 Å². The van der Waals surface area contributed by atoms with Crippen molar-refractivity contribution in [2.45, 2.75) is 27.7 Å². The highest BCUT2D eigenvalue weighted by molar-refractivity contribution is 6.20. The van der Waals surface area contributed by atoms with Crippen molar-refractivity contribution in [3.63, 3.8) is 0 Å². The summed E-state index contributed by atoms with van der Waals surface area (Å²) in [5, 5.41) is 4.09. The molecule has 0 radical (unpaired) electrons. The molecule has 0 aliphatic rings. The molecular formula is C44H38N4O4. The maximum Gasteiger partial charge on any atom is 0.338 e. The first-order chi connectivity index (χ1) is 25.3. The lowest BCUT2D eigenvalue weighted by Gasteiger charge is -2.17.